The van der Waals surface area contributed by atoms with E-state index in [1.54, 1.807) is 16.2 Å². The van der Waals surface area contributed by atoms with Crippen LogP contribution in [-0.4, -0.2) is 42.2 Å². The number of aryl methyl sites for hydroxylation is 1. The van der Waals surface area contributed by atoms with Crippen LogP contribution in [0.15, 0.2) is 18.2 Å². The van der Waals surface area contributed by atoms with Gasteiger partial charge in [-0.05, 0) is 25.1 Å². The van der Waals surface area contributed by atoms with Crippen LogP contribution in [0.1, 0.15) is 5.01 Å². The number of fused-ring (bicyclic) bond motifs is 1. The van der Waals surface area contributed by atoms with Gasteiger partial charge >= 0.3 is 6.03 Å². The number of rotatable bonds is 1. The molecule has 2 heterocycles. The summed E-state index contributed by atoms with van der Waals surface area (Å²) in [6, 6.07) is 5.75. The lowest BCUT2D eigenvalue weighted by atomic mass is 10.3. The Labute approximate surface area is 115 Å². The number of nitrogens with one attached hydrogen (secondary N) is 1. The Morgan fingerprint density at radius 2 is 2.21 bits per heavy atom. The predicted molar refractivity (Wildman–Crippen MR) is 75.8 cm³/mol. The summed E-state index contributed by atoms with van der Waals surface area (Å²) < 4.78 is 6.37. The van der Waals surface area contributed by atoms with Gasteiger partial charge in [0.05, 0.1) is 28.4 Å². The summed E-state index contributed by atoms with van der Waals surface area (Å²) in [5.41, 5.74) is 1.72. The largest absolute Gasteiger partial charge is 0.378 e. The number of anilines is 1. The SMILES string of the molecule is Cc1nc2cc(NC(=O)N3CCOCC3)ccc2s1. The second kappa shape index (κ2) is 5.14. The summed E-state index contributed by atoms with van der Waals surface area (Å²) >= 11 is 1.66. The third-order valence-electron chi connectivity index (χ3n) is 3.04. The number of urea groups is 1. The summed E-state index contributed by atoms with van der Waals surface area (Å²) in [4.78, 5) is 18.2. The number of carbonyl (C=O) groups excluding carboxylic acids is 1. The number of aromatic nitrogens is 1. The third kappa shape index (κ3) is 2.69. The molecule has 1 aromatic carbocycles. The van der Waals surface area contributed by atoms with E-state index in [4.69, 9.17) is 4.74 Å². The van der Waals surface area contributed by atoms with Gasteiger partial charge < -0.3 is 15.0 Å². The van der Waals surface area contributed by atoms with Gasteiger partial charge in [0.25, 0.3) is 0 Å². The fourth-order valence-electron chi connectivity index (χ4n) is 2.09. The van der Waals surface area contributed by atoms with Crippen molar-refractivity contribution in [3.63, 3.8) is 0 Å². The molecule has 1 aromatic heterocycles. The molecule has 0 radical (unpaired) electrons. The number of thiazole rings is 1. The molecular formula is C13H15N3O2S. The molecule has 0 unspecified atom stereocenters. The minimum Gasteiger partial charge on any atom is -0.378 e. The molecule has 19 heavy (non-hydrogen) atoms. The first kappa shape index (κ1) is 12.4. The number of carbonyl (C=O) groups is 1. The van der Waals surface area contributed by atoms with Crippen LogP contribution in [-0.2, 0) is 4.74 Å². The fraction of sp³-hybridized carbons (Fsp3) is 0.385. The molecule has 2 aromatic rings. The Hall–Kier alpha value is -1.66. The van der Waals surface area contributed by atoms with Gasteiger partial charge in [-0.1, -0.05) is 0 Å². The molecule has 3 rings (SSSR count). The van der Waals surface area contributed by atoms with Crippen molar-refractivity contribution in [2.24, 2.45) is 0 Å². The lowest BCUT2D eigenvalue weighted by molar-refractivity contribution is 0.0564. The van der Waals surface area contributed by atoms with Crippen LogP contribution in [0.5, 0.6) is 0 Å². The van der Waals surface area contributed by atoms with Crippen molar-refractivity contribution in [3.8, 4) is 0 Å². The quantitative estimate of drug-likeness (QED) is 0.871. The maximum absolute atomic E-state index is 12.1. The molecule has 1 saturated heterocycles. The zero-order valence-corrected chi connectivity index (χ0v) is 11.5. The van der Waals surface area contributed by atoms with Gasteiger partial charge in [0.2, 0.25) is 0 Å². The van der Waals surface area contributed by atoms with Gasteiger partial charge in [-0.2, -0.15) is 0 Å². The molecule has 5 nitrogen and oxygen atoms in total. The van der Waals surface area contributed by atoms with E-state index in [2.05, 4.69) is 10.3 Å². The molecule has 1 aliphatic rings. The highest BCUT2D eigenvalue weighted by molar-refractivity contribution is 7.18. The molecule has 1 aliphatic heterocycles. The monoisotopic (exact) mass is 277 g/mol. The Balaban J connectivity index is 1.74. The lowest BCUT2D eigenvalue weighted by Gasteiger charge is -2.26. The van der Waals surface area contributed by atoms with Crippen LogP contribution in [0.2, 0.25) is 0 Å². The average molecular weight is 277 g/mol. The number of amides is 2. The number of ether oxygens (including phenoxy) is 1. The summed E-state index contributed by atoms with van der Waals surface area (Å²) in [5.74, 6) is 0. The van der Waals surface area contributed by atoms with E-state index in [0.29, 0.717) is 26.3 Å². The van der Waals surface area contributed by atoms with Crippen molar-refractivity contribution in [2.75, 3.05) is 31.6 Å². The topological polar surface area (TPSA) is 54.5 Å². The zero-order chi connectivity index (χ0) is 13.2. The Morgan fingerprint density at radius 3 is 3.00 bits per heavy atom. The number of hydrogen-bond donors (Lipinski definition) is 1. The van der Waals surface area contributed by atoms with Gasteiger partial charge in [-0.15, -0.1) is 11.3 Å². The molecular weight excluding hydrogens is 262 g/mol. The maximum atomic E-state index is 12.1. The normalized spacial score (nSPS) is 15.7. The number of hydrogen-bond acceptors (Lipinski definition) is 4. The van der Waals surface area contributed by atoms with Gasteiger partial charge in [0, 0.05) is 18.8 Å². The molecule has 0 spiro atoms. The smallest absolute Gasteiger partial charge is 0.322 e. The van der Waals surface area contributed by atoms with E-state index in [0.717, 1.165) is 20.9 Å². The first-order chi connectivity index (χ1) is 9.22. The first-order valence-corrected chi connectivity index (χ1v) is 7.05. The molecule has 100 valence electrons. The molecule has 0 aliphatic carbocycles. The number of benzene rings is 1. The van der Waals surface area contributed by atoms with Gasteiger partial charge in [-0.3, -0.25) is 0 Å². The third-order valence-corrected chi connectivity index (χ3v) is 4.00. The second-order valence-electron chi connectivity index (χ2n) is 4.44. The summed E-state index contributed by atoms with van der Waals surface area (Å²) in [6.07, 6.45) is 0. The zero-order valence-electron chi connectivity index (χ0n) is 10.7. The minimum atomic E-state index is -0.0744. The number of morpholine rings is 1. The van der Waals surface area contributed by atoms with Crippen LogP contribution < -0.4 is 5.32 Å². The molecule has 1 N–H and O–H groups in total. The Morgan fingerprint density at radius 1 is 1.42 bits per heavy atom. The van der Waals surface area contributed by atoms with Crippen LogP contribution in [0, 0.1) is 6.92 Å². The summed E-state index contributed by atoms with van der Waals surface area (Å²) in [7, 11) is 0. The van der Waals surface area contributed by atoms with Crippen LogP contribution in [0.4, 0.5) is 10.5 Å². The average Bonchev–Trinajstić information content (AvgIpc) is 2.79. The highest BCUT2D eigenvalue weighted by atomic mass is 32.1. The van der Waals surface area contributed by atoms with Crippen LogP contribution in [0.25, 0.3) is 10.2 Å². The molecule has 0 bridgehead atoms. The summed E-state index contributed by atoms with van der Waals surface area (Å²) in [6.45, 7) is 4.49. The molecule has 6 heteroatoms. The lowest BCUT2D eigenvalue weighted by Crippen LogP contribution is -2.43. The highest BCUT2D eigenvalue weighted by Gasteiger charge is 2.16. The van der Waals surface area contributed by atoms with Gasteiger partial charge in [0.1, 0.15) is 0 Å². The molecule has 0 saturated carbocycles. The second-order valence-corrected chi connectivity index (χ2v) is 5.68. The van der Waals surface area contributed by atoms with Crippen molar-refractivity contribution in [3.05, 3.63) is 23.2 Å². The fourth-order valence-corrected chi connectivity index (χ4v) is 2.90. The van der Waals surface area contributed by atoms with E-state index in [1.807, 2.05) is 25.1 Å². The van der Waals surface area contributed by atoms with E-state index in [1.165, 1.54) is 0 Å². The van der Waals surface area contributed by atoms with E-state index >= 15 is 0 Å². The molecule has 2 amide bonds. The van der Waals surface area contributed by atoms with Crippen molar-refractivity contribution in [1.82, 2.24) is 9.88 Å². The molecule has 0 atom stereocenters. The first-order valence-electron chi connectivity index (χ1n) is 6.23. The van der Waals surface area contributed by atoms with E-state index < -0.39 is 0 Å². The molecule has 1 fully saturated rings. The minimum absolute atomic E-state index is 0.0744. The van der Waals surface area contributed by atoms with E-state index in [9.17, 15) is 4.79 Å². The standard InChI is InChI=1S/C13H15N3O2S/c1-9-14-11-8-10(2-3-12(11)19-9)15-13(17)16-4-6-18-7-5-16/h2-3,8H,4-7H2,1H3,(H,15,17). The highest BCUT2D eigenvalue weighted by Crippen LogP contribution is 2.24. The van der Waals surface area contributed by atoms with Gasteiger partial charge in [0.15, 0.2) is 0 Å². The van der Waals surface area contributed by atoms with Crippen molar-refractivity contribution >= 4 is 33.3 Å². The van der Waals surface area contributed by atoms with Crippen molar-refractivity contribution < 1.29 is 9.53 Å². The van der Waals surface area contributed by atoms with Gasteiger partial charge in [-0.25, -0.2) is 9.78 Å². The van der Waals surface area contributed by atoms with Crippen LogP contribution >= 0.6 is 11.3 Å². The van der Waals surface area contributed by atoms with Crippen molar-refractivity contribution in [2.45, 2.75) is 6.92 Å². The Kier molecular flexibility index (Phi) is 3.35. The number of nitrogens with zero attached hydrogens (tertiary/aromatic N) is 2. The predicted octanol–water partition coefficient (Wildman–Crippen LogP) is 2.47. The summed E-state index contributed by atoms with van der Waals surface area (Å²) in [5, 5.41) is 3.94. The van der Waals surface area contributed by atoms with E-state index in [-0.39, 0.29) is 6.03 Å². The van der Waals surface area contributed by atoms with Crippen molar-refractivity contribution in [1.29, 1.82) is 0 Å². The van der Waals surface area contributed by atoms with Crippen LogP contribution in [0.3, 0.4) is 0 Å². The Bertz CT molecular complexity index is 605. The maximum Gasteiger partial charge on any atom is 0.322 e.